The van der Waals surface area contributed by atoms with E-state index < -0.39 is 25.4 Å². The lowest BCUT2D eigenvalue weighted by atomic mass is 10.0. The van der Waals surface area contributed by atoms with Gasteiger partial charge in [0.1, 0.15) is 0 Å². The van der Waals surface area contributed by atoms with Crippen molar-refractivity contribution < 1.29 is 16.8 Å². The van der Waals surface area contributed by atoms with Gasteiger partial charge >= 0.3 is 0 Å². The number of nitrogens with one attached hydrogen (secondary N) is 1. The summed E-state index contributed by atoms with van der Waals surface area (Å²) in [6.07, 6.45) is 0.307. The highest BCUT2D eigenvalue weighted by Crippen LogP contribution is 2.25. The highest BCUT2D eigenvalue weighted by molar-refractivity contribution is 7.92. The number of hydrogen-bond donors (Lipinski definition) is 1. The van der Waals surface area contributed by atoms with Crippen LogP contribution in [0.3, 0.4) is 0 Å². The van der Waals surface area contributed by atoms with Crippen molar-refractivity contribution in [3.63, 3.8) is 0 Å². The van der Waals surface area contributed by atoms with E-state index >= 15 is 0 Å². The fourth-order valence-corrected chi connectivity index (χ4v) is 5.71. The SMILES string of the molecule is C[C@@]1(NS(=O)(=O)c2ccccc2)CCS(=O)(=O)C1. The molecule has 0 unspecified atom stereocenters. The summed E-state index contributed by atoms with van der Waals surface area (Å²) in [5.41, 5.74) is -0.909. The second-order valence-corrected chi connectivity index (χ2v) is 8.69. The van der Waals surface area contributed by atoms with Crippen molar-refractivity contribution in [3.05, 3.63) is 30.3 Å². The smallest absolute Gasteiger partial charge is 0.229 e. The third kappa shape index (κ3) is 2.90. The summed E-state index contributed by atoms with van der Waals surface area (Å²) in [5, 5.41) is 0. The Labute approximate surface area is 107 Å². The third-order valence-electron chi connectivity index (χ3n) is 2.94. The number of rotatable bonds is 3. The number of sulfonamides is 1. The van der Waals surface area contributed by atoms with Crippen molar-refractivity contribution in [1.82, 2.24) is 4.72 Å². The van der Waals surface area contributed by atoms with Crippen molar-refractivity contribution in [3.8, 4) is 0 Å². The minimum Gasteiger partial charge on any atom is -0.229 e. The van der Waals surface area contributed by atoms with Gasteiger partial charge < -0.3 is 0 Å². The molecule has 0 aromatic heterocycles. The first kappa shape index (κ1) is 13.5. The Morgan fingerprint density at radius 3 is 2.33 bits per heavy atom. The molecule has 0 bridgehead atoms. The van der Waals surface area contributed by atoms with Gasteiger partial charge in [0.05, 0.1) is 16.4 Å². The molecule has 1 aromatic rings. The largest absolute Gasteiger partial charge is 0.241 e. The molecule has 1 aromatic carbocycles. The molecule has 5 nitrogen and oxygen atoms in total. The summed E-state index contributed by atoms with van der Waals surface area (Å²) < 4.78 is 49.6. The highest BCUT2D eigenvalue weighted by Gasteiger charge is 2.41. The maximum absolute atomic E-state index is 12.1. The predicted molar refractivity (Wildman–Crippen MR) is 68.4 cm³/mol. The van der Waals surface area contributed by atoms with Crippen molar-refractivity contribution in [2.45, 2.75) is 23.8 Å². The van der Waals surface area contributed by atoms with E-state index in [0.29, 0.717) is 6.42 Å². The fraction of sp³-hybridized carbons (Fsp3) is 0.455. The number of sulfone groups is 1. The zero-order valence-corrected chi connectivity index (χ0v) is 11.6. The van der Waals surface area contributed by atoms with Gasteiger partial charge in [0.15, 0.2) is 9.84 Å². The van der Waals surface area contributed by atoms with E-state index in [2.05, 4.69) is 4.72 Å². The Bertz CT molecular complexity index is 637. The number of hydrogen-bond acceptors (Lipinski definition) is 4. The van der Waals surface area contributed by atoms with Crippen LogP contribution in [0.25, 0.3) is 0 Å². The highest BCUT2D eigenvalue weighted by atomic mass is 32.2. The van der Waals surface area contributed by atoms with Crippen LogP contribution < -0.4 is 4.72 Å². The molecule has 1 heterocycles. The van der Waals surface area contributed by atoms with Gasteiger partial charge in [0, 0.05) is 5.54 Å². The van der Waals surface area contributed by atoms with Crippen molar-refractivity contribution in [2.75, 3.05) is 11.5 Å². The summed E-state index contributed by atoms with van der Waals surface area (Å²) in [6, 6.07) is 7.94. The van der Waals surface area contributed by atoms with Crippen LogP contribution >= 0.6 is 0 Å². The van der Waals surface area contributed by atoms with Crippen LogP contribution in [-0.4, -0.2) is 33.9 Å². The summed E-state index contributed by atoms with van der Waals surface area (Å²) >= 11 is 0. The van der Waals surface area contributed by atoms with Crippen molar-refractivity contribution >= 4 is 19.9 Å². The van der Waals surface area contributed by atoms with Crippen LogP contribution in [0.1, 0.15) is 13.3 Å². The van der Waals surface area contributed by atoms with Gasteiger partial charge in [-0.15, -0.1) is 0 Å². The molecule has 18 heavy (non-hydrogen) atoms. The van der Waals surface area contributed by atoms with Crippen LogP contribution in [0.15, 0.2) is 35.2 Å². The summed E-state index contributed by atoms with van der Waals surface area (Å²) in [7, 11) is -6.80. The lowest BCUT2D eigenvalue weighted by Crippen LogP contribution is -2.46. The molecule has 1 saturated heterocycles. The standard InChI is InChI=1S/C11H15NO4S2/c1-11(7-8-17(13,14)9-11)12-18(15,16)10-5-3-2-4-6-10/h2-6,12H,7-9H2,1H3/t11-/m1/s1. The van der Waals surface area contributed by atoms with Gasteiger partial charge in [0.2, 0.25) is 10.0 Å². The van der Waals surface area contributed by atoms with Crippen LogP contribution in [-0.2, 0) is 19.9 Å². The van der Waals surface area contributed by atoms with Crippen molar-refractivity contribution in [1.29, 1.82) is 0 Å². The second-order valence-electron chi connectivity index (χ2n) is 4.82. The molecule has 1 fully saturated rings. The minimum atomic E-state index is -3.67. The molecule has 1 aliphatic heterocycles. The first-order valence-corrected chi connectivity index (χ1v) is 8.82. The van der Waals surface area contributed by atoms with Crippen LogP contribution in [0, 0.1) is 0 Å². The van der Waals surface area contributed by atoms with E-state index in [1.54, 1.807) is 25.1 Å². The van der Waals surface area contributed by atoms with Crippen molar-refractivity contribution in [2.24, 2.45) is 0 Å². The van der Waals surface area contributed by atoms with Crippen LogP contribution in [0.2, 0.25) is 0 Å². The fourth-order valence-electron chi connectivity index (χ4n) is 2.07. The molecule has 1 aliphatic rings. The molecule has 1 atom stereocenters. The Hall–Kier alpha value is -0.920. The molecule has 100 valence electrons. The predicted octanol–water partition coefficient (Wildman–Crippen LogP) is 0.542. The summed E-state index contributed by atoms with van der Waals surface area (Å²) in [4.78, 5) is 0.149. The van der Waals surface area contributed by atoms with Gasteiger partial charge in [-0.1, -0.05) is 18.2 Å². The van der Waals surface area contributed by atoms with E-state index in [1.807, 2.05) is 0 Å². The van der Waals surface area contributed by atoms with Crippen LogP contribution in [0.4, 0.5) is 0 Å². The van der Waals surface area contributed by atoms with E-state index in [9.17, 15) is 16.8 Å². The normalized spacial score (nSPS) is 27.2. The zero-order valence-electron chi connectivity index (χ0n) is 9.96. The zero-order chi connectivity index (χ0) is 13.4. The average molecular weight is 289 g/mol. The quantitative estimate of drug-likeness (QED) is 0.881. The molecule has 0 saturated carbocycles. The molecule has 2 rings (SSSR count). The summed E-state index contributed by atoms with van der Waals surface area (Å²) in [6.45, 7) is 1.62. The maximum atomic E-state index is 12.1. The van der Waals surface area contributed by atoms with Gasteiger partial charge in [-0.25, -0.2) is 21.6 Å². The Morgan fingerprint density at radius 2 is 1.83 bits per heavy atom. The average Bonchev–Trinajstić information content (AvgIpc) is 2.53. The van der Waals surface area contributed by atoms with E-state index in [-0.39, 0.29) is 16.4 Å². The second kappa shape index (κ2) is 4.32. The molecule has 1 N–H and O–H groups in total. The molecular formula is C11H15NO4S2. The molecule has 0 aliphatic carbocycles. The van der Waals surface area contributed by atoms with Gasteiger partial charge in [-0.3, -0.25) is 0 Å². The Morgan fingerprint density at radius 1 is 1.22 bits per heavy atom. The van der Waals surface area contributed by atoms with E-state index in [0.717, 1.165) is 0 Å². The van der Waals surface area contributed by atoms with E-state index in [1.165, 1.54) is 12.1 Å². The van der Waals surface area contributed by atoms with E-state index in [4.69, 9.17) is 0 Å². The van der Waals surface area contributed by atoms with Crippen LogP contribution in [0.5, 0.6) is 0 Å². The monoisotopic (exact) mass is 289 g/mol. The van der Waals surface area contributed by atoms with Gasteiger partial charge in [-0.05, 0) is 25.5 Å². The molecular weight excluding hydrogens is 274 g/mol. The summed E-state index contributed by atoms with van der Waals surface area (Å²) in [5.74, 6) is -0.118. The first-order chi connectivity index (χ1) is 8.23. The molecule has 0 amide bonds. The molecule has 0 spiro atoms. The first-order valence-electron chi connectivity index (χ1n) is 5.52. The van der Waals surface area contributed by atoms with Gasteiger partial charge in [0.25, 0.3) is 0 Å². The Balaban J connectivity index is 2.25. The molecule has 7 heteroatoms. The maximum Gasteiger partial charge on any atom is 0.241 e. The number of benzene rings is 1. The lowest BCUT2D eigenvalue weighted by molar-refractivity contribution is 0.462. The lowest BCUT2D eigenvalue weighted by Gasteiger charge is -2.23. The minimum absolute atomic E-state index is 0.0286. The van der Waals surface area contributed by atoms with Gasteiger partial charge in [-0.2, -0.15) is 0 Å². The molecule has 0 radical (unpaired) electrons. The third-order valence-corrected chi connectivity index (χ3v) is 6.49. The topological polar surface area (TPSA) is 80.3 Å². The Kier molecular flexibility index (Phi) is 3.25.